The number of piperazine rings is 1. The van der Waals surface area contributed by atoms with E-state index in [2.05, 4.69) is 24.3 Å². The predicted molar refractivity (Wildman–Crippen MR) is 121 cm³/mol. The summed E-state index contributed by atoms with van der Waals surface area (Å²) in [6.07, 6.45) is 0. The van der Waals surface area contributed by atoms with Gasteiger partial charge in [0.25, 0.3) is 5.56 Å². The summed E-state index contributed by atoms with van der Waals surface area (Å²) in [6.45, 7) is 9.17. The van der Waals surface area contributed by atoms with Gasteiger partial charge >= 0.3 is 5.69 Å². The Hall–Kier alpha value is -3.40. The summed E-state index contributed by atoms with van der Waals surface area (Å²) in [5.41, 5.74) is 2.92. The third-order valence-electron chi connectivity index (χ3n) is 6.61. The number of halogens is 1. The fourth-order valence-electron chi connectivity index (χ4n) is 4.57. The lowest BCUT2D eigenvalue weighted by Gasteiger charge is -2.36. The van der Waals surface area contributed by atoms with Gasteiger partial charge in [0.1, 0.15) is 5.82 Å². The van der Waals surface area contributed by atoms with Gasteiger partial charge in [0.05, 0.1) is 0 Å². The molecule has 168 valence electrons. The highest BCUT2D eigenvalue weighted by Crippen LogP contribution is 2.21. The minimum absolute atomic E-state index is 0.218. The number of rotatable bonds is 4. The van der Waals surface area contributed by atoms with Crippen molar-refractivity contribution in [1.29, 1.82) is 0 Å². The molecular weight excluding hydrogens is 413 g/mol. The Morgan fingerprint density at radius 3 is 2.38 bits per heavy atom. The number of aromatic nitrogens is 5. The second kappa shape index (κ2) is 7.63. The van der Waals surface area contributed by atoms with Crippen LogP contribution in [-0.4, -0.2) is 61.1 Å². The first-order valence-corrected chi connectivity index (χ1v) is 10.7. The van der Waals surface area contributed by atoms with Gasteiger partial charge in [-0.15, -0.1) is 0 Å². The van der Waals surface area contributed by atoms with Crippen LogP contribution in [0.15, 0.2) is 33.9 Å². The zero-order valence-electron chi connectivity index (χ0n) is 18.4. The van der Waals surface area contributed by atoms with Gasteiger partial charge in [0.2, 0.25) is 5.78 Å². The monoisotopic (exact) mass is 439 g/mol. The molecule has 0 aliphatic carbocycles. The second-order valence-electron chi connectivity index (χ2n) is 8.37. The highest BCUT2D eigenvalue weighted by Gasteiger charge is 2.22. The van der Waals surface area contributed by atoms with Gasteiger partial charge in [-0.25, -0.2) is 9.18 Å². The molecule has 0 unspecified atom stereocenters. The maximum atomic E-state index is 13.2. The number of imidazole rings is 2. The Bertz CT molecular complexity index is 1420. The summed E-state index contributed by atoms with van der Waals surface area (Å²) in [4.78, 5) is 36.2. The Labute approximate surface area is 183 Å². The minimum atomic E-state index is -0.469. The lowest BCUT2D eigenvalue weighted by atomic mass is 10.2. The van der Waals surface area contributed by atoms with Crippen molar-refractivity contribution in [1.82, 2.24) is 28.4 Å². The summed E-state index contributed by atoms with van der Waals surface area (Å²) in [6, 6.07) is 6.65. The van der Waals surface area contributed by atoms with E-state index in [0.717, 1.165) is 56.3 Å². The molecule has 4 aromatic rings. The van der Waals surface area contributed by atoms with Crippen LogP contribution in [0.2, 0.25) is 0 Å². The fourth-order valence-corrected chi connectivity index (χ4v) is 4.57. The number of fused-ring (bicyclic) bond motifs is 3. The molecule has 10 heteroatoms. The molecule has 1 aliphatic heterocycles. The highest BCUT2D eigenvalue weighted by atomic mass is 19.1. The van der Waals surface area contributed by atoms with Crippen molar-refractivity contribution in [3.63, 3.8) is 0 Å². The molecule has 32 heavy (non-hydrogen) atoms. The summed E-state index contributed by atoms with van der Waals surface area (Å²) in [7, 11) is 1.61. The van der Waals surface area contributed by atoms with Crippen molar-refractivity contribution >= 4 is 22.6 Å². The normalized spacial score (nSPS) is 15.3. The Balaban J connectivity index is 1.37. The predicted octanol–water partition coefficient (Wildman–Crippen LogP) is 1.25. The molecule has 3 aromatic heterocycles. The Morgan fingerprint density at radius 1 is 1.00 bits per heavy atom. The first-order chi connectivity index (χ1) is 15.3. The number of hydrogen-bond donors (Lipinski definition) is 1. The van der Waals surface area contributed by atoms with Gasteiger partial charge in [-0.2, -0.15) is 4.98 Å². The maximum absolute atomic E-state index is 13.2. The van der Waals surface area contributed by atoms with Gasteiger partial charge in [-0.05, 0) is 38.1 Å². The third kappa shape index (κ3) is 3.22. The second-order valence-corrected chi connectivity index (χ2v) is 8.37. The number of hydrogen-bond acceptors (Lipinski definition) is 5. The zero-order chi connectivity index (χ0) is 22.6. The van der Waals surface area contributed by atoms with Crippen LogP contribution in [0.5, 0.6) is 0 Å². The van der Waals surface area contributed by atoms with E-state index in [1.165, 1.54) is 16.7 Å². The van der Waals surface area contributed by atoms with Crippen LogP contribution >= 0.6 is 0 Å². The Kier molecular flexibility index (Phi) is 4.89. The van der Waals surface area contributed by atoms with Gasteiger partial charge in [0.15, 0.2) is 11.2 Å². The van der Waals surface area contributed by atoms with Crippen LogP contribution in [0, 0.1) is 19.7 Å². The van der Waals surface area contributed by atoms with Crippen LogP contribution in [0.1, 0.15) is 11.4 Å². The molecule has 1 fully saturated rings. The van der Waals surface area contributed by atoms with Crippen molar-refractivity contribution in [2.24, 2.45) is 7.05 Å². The largest absolute Gasteiger partial charge is 0.369 e. The van der Waals surface area contributed by atoms with Gasteiger partial charge in [0, 0.05) is 63.4 Å². The lowest BCUT2D eigenvalue weighted by Crippen LogP contribution is -2.47. The van der Waals surface area contributed by atoms with Crippen LogP contribution in [0.4, 0.5) is 10.1 Å². The molecule has 9 nitrogen and oxygen atoms in total. The van der Waals surface area contributed by atoms with E-state index in [0.29, 0.717) is 16.9 Å². The first-order valence-electron chi connectivity index (χ1n) is 10.7. The van der Waals surface area contributed by atoms with E-state index in [4.69, 9.17) is 0 Å². The van der Waals surface area contributed by atoms with E-state index in [-0.39, 0.29) is 5.82 Å². The average Bonchev–Trinajstić information content (AvgIpc) is 3.28. The molecule has 0 radical (unpaired) electrons. The zero-order valence-corrected chi connectivity index (χ0v) is 18.4. The van der Waals surface area contributed by atoms with E-state index >= 15 is 0 Å². The molecule has 0 bridgehead atoms. The number of nitrogens with one attached hydrogen (secondary N) is 1. The molecule has 4 heterocycles. The molecule has 0 saturated carbocycles. The van der Waals surface area contributed by atoms with Gasteiger partial charge < -0.3 is 9.47 Å². The average molecular weight is 439 g/mol. The number of anilines is 1. The van der Waals surface area contributed by atoms with Crippen LogP contribution in [0.25, 0.3) is 16.9 Å². The molecular formula is C22H26FN7O2. The summed E-state index contributed by atoms with van der Waals surface area (Å²) < 4.78 is 18.5. The number of nitrogens with zero attached hydrogens (tertiary/aromatic N) is 6. The first kappa shape index (κ1) is 20.5. The molecule has 1 saturated heterocycles. The third-order valence-corrected chi connectivity index (χ3v) is 6.61. The van der Waals surface area contributed by atoms with Gasteiger partial charge in [-0.1, -0.05) is 0 Å². The summed E-state index contributed by atoms with van der Waals surface area (Å²) in [5, 5.41) is 0. The number of aryl methyl sites for hydroxylation is 2. The van der Waals surface area contributed by atoms with Crippen molar-refractivity contribution in [2.75, 3.05) is 37.6 Å². The maximum Gasteiger partial charge on any atom is 0.329 e. The van der Waals surface area contributed by atoms with Gasteiger partial charge in [-0.3, -0.25) is 23.6 Å². The number of aromatic amines is 1. The summed E-state index contributed by atoms with van der Waals surface area (Å²) in [5.74, 6) is 0.455. The molecule has 1 aliphatic rings. The van der Waals surface area contributed by atoms with E-state index in [1.807, 2.05) is 30.4 Å². The molecule has 0 amide bonds. The fraction of sp³-hybridized carbons (Fsp3) is 0.409. The molecule has 0 spiro atoms. The topological polar surface area (TPSA) is 83.6 Å². The van der Waals surface area contributed by atoms with Crippen molar-refractivity contribution in [2.45, 2.75) is 20.4 Å². The van der Waals surface area contributed by atoms with Crippen molar-refractivity contribution in [3.8, 4) is 0 Å². The van der Waals surface area contributed by atoms with Crippen LogP contribution < -0.4 is 16.1 Å². The number of benzene rings is 1. The SMILES string of the molecule is Cc1c(C)n2c3c(=O)[nH]c(=O)n(C)c3nc2n1CCN1CCN(c2ccc(F)cc2)CC1. The smallest absolute Gasteiger partial charge is 0.329 e. The standard InChI is InChI=1S/C22H26FN7O2/c1-14-15(2)30-18-19(26(3)22(32)25-20(18)31)24-21(30)29(14)13-10-27-8-11-28(12-9-27)17-6-4-16(23)5-7-17/h4-7H,8-13H2,1-3H3,(H,25,31,32). The minimum Gasteiger partial charge on any atom is -0.369 e. The molecule has 5 rings (SSSR count). The van der Waals surface area contributed by atoms with E-state index in [9.17, 15) is 14.0 Å². The molecule has 0 atom stereocenters. The van der Waals surface area contributed by atoms with E-state index in [1.54, 1.807) is 7.05 Å². The highest BCUT2D eigenvalue weighted by molar-refractivity contribution is 5.76. The van der Waals surface area contributed by atoms with Crippen molar-refractivity contribution < 1.29 is 4.39 Å². The van der Waals surface area contributed by atoms with E-state index < -0.39 is 11.2 Å². The molecule has 1 aromatic carbocycles. The van der Waals surface area contributed by atoms with Crippen molar-refractivity contribution in [3.05, 3.63) is 62.3 Å². The van der Waals surface area contributed by atoms with Crippen LogP contribution in [0.3, 0.4) is 0 Å². The molecule has 1 N–H and O–H groups in total. The lowest BCUT2D eigenvalue weighted by molar-refractivity contribution is 0.248. The van der Waals surface area contributed by atoms with Crippen LogP contribution in [-0.2, 0) is 13.6 Å². The quantitative estimate of drug-likeness (QED) is 0.518. The summed E-state index contributed by atoms with van der Waals surface area (Å²) >= 11 is 0. The Morgan fingerprint density at radius 2 is 1.69 bits per heavy atom. The number of H-pyrrole nitrogens is 1.